The van der Waals surface area contributed by atoms with Gasteiger partial charge in [-0.05, 0) is 85.0 Å². The summed E-state index contributed by atoms with van der Waals surface area (Å²) in [5.74, 6) is 0.732. The molecule has 1 fully saturated rings. The number of Topliss-reactive ketones (excluding diaryl/α,β-unsaturated/α-hetero) is 1. The fourth-order valence-corrected chi connectivity index (χ4v) is 8.52. The fourth-order valence-electron chi connectivity index (χ4n) is 7.51. The molecule has 4 nitrogen and oxygen atoms in total. The summed E-state index contributed by atoms with van der Waals surface area (Å²) in [4.78, 5) is 14.1. The van der Waals surface area contributed by atoms with Crippen molar-refractivity contribution < 1.29 is 14.5 Å². The summed E-state index contributed by atoms with van der Waals surface area (Å²) in [7, 11) is 0. The summed E-state index contributed by atoms with van der Waals surface area (Å²) in [5.41, 5.74) is 9.43. The number of halogens is 4. The summed E-state index contributed by atoms with van der Waals surface area (Å²) < 4.78 is 4.48. The monoisotopic (exact) mass is 665 g/mol. The Morgan fingerprint density at radius 3 is 2.18 bits per heavy atom. The van der Waals surface area contributed by atoms with Crippen molar-refractivity contribution >= 4 is 63.5 Å². The topological polar surface area (TPSA) is 45.2 Å². The number of hydrogen-bond acceptors (Lipinski definition) is 2. The second kappa shape index (κ2) is 11.6. The highest BCUT2D eigenvalue weighted by Crippen LogP contribution is 2.45. The number of aliphatic hydroxyl groups is 1. The molecule has 0 bridgehead atoms. The van der Waals surface area contributed by atoms with E-state index in [-0.39, 0.29) is 11.5 Å². The average molecular weight is 667 g/mol. The van der Waals surface area contributed by atoms with Gasteiger partial charge in [0.25, 0.3) is 0 Å². The van der Waals surface area contributed by atoms with Crippen LogP contribution in [0.5, 0.6) is 0 Å². The van der Waals surface area contributed by atoms with Crippen LogP contribution in [-0.4, -0.2) is 32.3 Å². The number of carbonyl (C=O) groups excluding carboxylic acids is 1. The second-order valence-electron chi connectivity index (χ2n) is 12.5. The van der Waals surface area contributed by atoms with E-state index in [2.05, 4.69) is 35.1 Å². The Morgan fingerprint density at radius 1 is 0.864 bits per heavy atom. The molecular formula is C36H33Cl4N2O2+. The van der Waals surface area contributed by atoms with Crippen LogP contribution in [0.4, 0.5) is 0 Å². The van der Waals surface area contributed by atoms with Crippen LogP contribution >= 0.6 is 46.4 Å². The van der Waals surface area contributed by atoms with Crippen molar-refractivity contribution in [3.05, 3.63) is 119 Å². The zero-order valence-corrected chi connectivity index (χ0v) is 27.7. The zero-order chi connectivity index (χ0) is 30.9. The molecule has 4 aliphatic rings. The number of aliphatic hydroxyl groups excluding tert-OH is 1. The Labute approximate surface area is 277 Å². The first-order valence-electron chi connectivity index (χ1n) is 15.3. The van der Waals surface area contributed by atoms with E-state index in [4.69, 9.17) is 46.4 Å². The van der Waals surface area contributed by atoms with Crippen molar-refractivity contribution in [3.8, 4) is 0 Å². The molecule has 1 saturated carbocycles. The molecule has 8 heteroatoms. The minimum absolute atomic E-state index is 0.0826. The number of fused-ring (bicyclic) bond motifs is 2. The second-order valence-corrected chi connectivity index (χ2v) is 14.1. The number of rotatable bonds is 7. The number of aryl methyl sites for hydroxylation is 2. The van der Waals surface area contributed by atoms with E-state index in [1.165, 1.54) is 22.5 Å². The Kier molecular flexibility index (Phi) is 7.86. The Morgan fingerprint density at radius 2 is 1.52 bits per heavy atom. The first-order chi connectivity index (χ1) is 21.1. The van der Waals surface area contributed by atoms with E-state index in [0.29, 0.717) is 69.0 Å². The number of ketones is 1. The van der Waals surface area contributed by atoms with Gasteiger partial charge >= 0.3 is 0 Å². The molecule has 0 spiro atoms. The molecule has 3 aliphatic carbocycles. The number of allylic oxidation sites excluding steroid dienone is 4. The maximum atomic E-state index is 14.1. The lowest BCUT2D eigenvalue weighted by atomic mass is 9.84. The highest BCUT2D eigenvalue weighted by molar-refractivity contribution is 6.39. The van der Waals surface area contributed by atoms with Gasteiger partial charge in [0.05, 0.1) is 11.3 Å². The van der Waals surface area contributed by atoms with E-state index in [1.807, 2.05) is 24.3 Å². The van der Waals surface area contributed by atoms with Crippen molar-refractivity contribution in [2.24, 2.45) is 5.92 Å². The molecule has 2 aromatic carbocycles. The van der Waals surface area contributed by atoms with Crippen molar-refractivity contribution in [1.29, 1.82) is 0 Å². The van der Waals surface area contributed by atoms with Gasteiger partial charge < -0.3 is 9.67 Å². The SMILES string of the molecule is CC1CCC2=C/C(=C3/C(=O)C(c4cc5c(n4CCc4ccc(Cl)cc4Cl)C(C)CC5)=C3O)[N+](CCc3ccc(Cl)cc3Cl)=C21. The molecule has 0 radical (unpaired) electrons. The van der Waals surface area contributed by atoms with Crippen molar-refractivity contribution in [2.45, 2.75) is 64.8 Å². The molecule has 2 heterocycles. The molecule has 2 atom stereocenters. The molecule has 1 aliphatic heterocycles. The number of aromatic nitrogens is 1. The Balaban J connectivity index is 1.26. The lowest BCUT2D eigenvalue weighted by Crippen LogP contribution is -2.29. The Hall–Kier alpha value is -2.76. The highest BCUT2D eigenvalue weighted by atomic mass is 35.5. The third-order valence-electron chi connectivity index (χ3n) is 9.75. The van der Waals surface area contributed by atoms with E-state index in [1.54, 1.807) is 12.1 Å². The summed E-state index contributed by atoms with van der Waals surface area (Å²) in [5, 5.41) is 14.1. The largest absolute Gasteiger partial charge is 0.506 e. The van der Waals surface area contributed by atoms with Gasteiger partial charge in [0, 0.05) is 56.3 Å². The van der Waals surface area contributed by atoms with E-state index in [9.17, 15) is 9.90 Å². The Bertz CT molecular complexity index is 1880. The van der Waals surface area contributed by atoms with Gasteiger partial charge in [-0.25, -0.2) is 0 Å². The maximum Gasteiger partial charge on any atom is 0.221 e. The molecule has 7 rings (SSSR count). The standard InChI is InChI=1S/C36H32Cl4N2O2/c1-19-3-5-23-15-29(41(33(19)23)13-11-21-7-9-25(37)17-27(21)39)31-35(43)32(36(31)44)30-16-24-6-4-20(2)34(24)42(30)14-12-22-8-10-26(38)18-28(22)40/h7-10,15-20H,3-6,11-14H2,1-2H3/p+1. The number of carbonyl (C=O) groups is 1. The van der Waals surface area contributed by atoms with Crippen LogP contribution in [0, 0.1) is 5.92 Å². The van der Waals surface area contributed by atoms with E-state index in [0.717, 1.165) is 48.2 Å². The molecule has 1 N–H and O–H groups in total. The van der Waals surface area contributed by atoms with Crippen LogP contribution in [-0.2, 0) is 30.6 Å². The van der Waals surface area contributed by atoms with Gasteiger partial charge in [0.15, 0.2) is 12.3 Å². The molecule has 2 unspecified atom stereocenters. The lowest BCUT2D eigenvalue weighted by molar-refractivity contribution is -0.470. The van der Waals surface area contributed by atoms with Gasteiger partial charge in [0.2, 0.25) is 11.5 Å². The van der Waals surface area contributed by atoms with Crippen molar-refractivity contribution in [1.82, 2.24) is 4.57 Å². The summed E-state index contributed by atoms with van der Waals surface area (Å²) in [6, 6.07) is 13.3. The number of nitrogens with zero attached hydrogens (tertiary/aromatic N) is 2. The van der Waals surface area contributed by atoms with E-state index < -0.39 is 0 Å². The van der Waals surface area contributed by atoms with Crippen LogP contribution in [0.3, 0.4) is 0 Å². The van der Waals surface area contributed by atoms with Gasteiger partial charge in [0.1, 0.15) is 11.3 Å². The van der Waals surface area contributed by atoms with Gasteiger partial charge in [-0.15, -0.1) is 0 Å². The smallest absolute Gasteiger partial charge is 0.221 e. The quantitative estimate of drug-likeness (QED) is 0.202. The van der Waals surface area contributed by atoms with Gasteiger partial charge in [-0.3, -0.25) is 4.79 Å². The third-order valence-corrected chi connectivity index (χ3v) is 10.9. The molecule has 1 aromatic heterocycles. The van der Waals surface area contributed by atoms with E-state index >= 15 is 0 Å². The average Bonchev–Trinajstić information content (AvgIpc) is 3.71. The predicted octanol–water partition coefficient (Wildman–Crippen LogP) is 9.57. The molecule has 3 aromatic rings. The van der Waals surface area contributed by atoms with Crippen LogP contribution in [0.2, 0.25) is 20.1 Å². The zero-order valence-electron chi connectivity index (χ0n) is 24.7. The third kappa shape index (κ3) is 4.99. The normalized spacial score (nSPS) is 22.6. The highest BCUT2D eigenvalue weighted by Gasteiger charge is 2.47. The molecule has 0 amide bonds. The van der Waals surface area contributed by atoms with Crippen LogP contribution in [0.1, 0.15) is 67.1 Å². The predicted molar refractivity (Wildman–Crippen MR) is 180 cm³/mol. The maximum absolute atomic E-state index is 14.1. The fraction of sp³-hybridized carbons (Fsp3) is 0.333. The van der Waals surface area contributed by atoms with Gasteiger partial charge in [-0.2, -0.15) is 4.58 Å². The minimum atomic E-state index is -0.105. The van der Waals surface area contributed by atoms with Crippen molar-refractivity contribution in [3.63, 3.8) is 0 Å². The first kappa shape index (κ1) is 29.9. The van der Waals surface area contributed by atoms with Crippen LogP contribution in [0.25, 0.3) is 5.57 Å². The molecular weight excluding hydrogens is 634 g/mol. The lowest BCUT2D eigenvalue weighted by Gasteiger charge is -2.24. The van der Waals surface area contributed by atoms with Crippen molar-refractivity contribution in [2.75, 3.05) is 6.54 Å². The molecule has 0 saturated heterocycles. The minimum Gasteiger partial charge on any atom is -0.506 e. The van der Waals surface area contributed by atoms with Crippen LogP contribution < -0.4 is 0 Å². The molecule has 226 valence electrons. The summed E-state index contributed by atoms with van der Waals surface area (Å²) in [6.07, 6.45) is 7.60. The van der Waals surface area contributed by atoms with Gasteiger partial charge in [-0.1, -0.05) is 72.4 Å². The summed E-state index contributed by atoms with van der Waals surface area (Å²) in [6.45, 7) is 5.77. The molecule has 44 heavy (non-hydrogen) atoms. The summed E-state index contributed by atoms with van der Waals surface area (Å²) >= 11 is 25.3. The van der Waals surface area contributed by atoms with Crippen LogP contribution in [0.15, 0.2) is 71.1 Å². The number of benzene rings is 2. The number of hydrogen-bond donors (Lipinski definition) is 1. The first-order valence-corrected chi connectivity index (χ1v) is 16.8.